The van der Waals surface area contributed by atoms with E-state index < -0.39 is 9.84 Å². The highest BCUT2D eigenvalue weighted by molar-refractivity contribution is 9.10. The highest BCUT2D eigenvalue weighted by Crippen LogP contribution is 2.27. The van der Waals surface area contributed by atoms with E-state index in [2.05, 4.69) is 15.9 Å². The third-order valence-corrected chi connectivity index (χ3v) is 5.28. The molecule has 2 rings (SSSR count). The number of nitrogens with two attached hydrogens (primary N) is 1. The molecule has 2 unspecified atom stereocenters. The monoisotopic (exact) mass is 347 g/mol. The third kappa shape index (κ3) is 4.19. The lowest BCUT2D eigenvalue weighted by Gasteiger charge is -2.17. The fourth-order valence-electron chi connectivity index (χ4n) is 2.20. The van der Waals surface area contributed by atoms with Crippen molar-refractivity contribution in [3.05, 3.63) is 28.2 Å². The molecule has 1 aromatic carbocycles. The lowest BCUT2D eigenvalue weighted by atomic mass is 10.1. The van der Waals surface area contributed by atoms with Gasteiger partial charge in [0.2, 0.25) is 0 Å². The molecule has 0 amide bonds. The Bertz CT molecular complexity index is 557. The van der Waals surface area contributed by atoms with E-state index in [-0.39, 0.29) is 23.7 Å². The van der Waals surface area contributed by atoms with Crippen LogP contribution in [0.5, 0.6) is 5.75 Å². The molecular formula is C13H18BrNO3S. The average Bonchev–Trinajstić information content (AvgIpc) is 2.61. The Hall–Kier alpha value is -0.590. The van der Waals surface area contributed by atoms with Gasteiger partial charge in [-0.25, -0.2) is 8.42 Å². The standard InChI is InChI=1S/C13H18BrNO3S/c1-9(15)6-10-7-11(14)2-3-13(10)18-12-4-5-19(16,17)8-12/h2-3,7,9,12H,4-6,8,15H2,1H3. The topological polar surface area (TPSA) is 69.4 Å². The first-order valence-corrected chi connectivity index (χ1v) is 8.88. The van der Waals surface area contributed by atoms with Crippen LogP contribution in [0.25, 0.3) is 0 Å². The van der Waals surface area contributed by atoms with Crippen LogP contribution in [0.2, 0.25) is 0 Å². The molecule has 2 N–H and O–H groups in total. The van der Waals surface area contributed by atoms with E-state index in [0.29, 0.717) is 12.8 Å². The Morgan fingerprint density at radius 2 is 2.26 bits per heavy atom. The highest BCUT2D eigenvalue weighted by Gasteiger charge is 2.29. The van der Waals surface area contributed by atoms with Gasteiger partial charge in [0.05, 0.1) is 11.5 Å². The van der Waals surface area contributed by atoms with E-state index in [4.69, 9.17) is 10.5 Å². The first-order chi connectivity index (χ1) is 8.85. The van der Waals surface area contributed by atoms with Crippen molar-refractivity contribution in [3.63, 3.8) is 0 Å². The summed E-state index contributed by atoms with van der Waals surface area (Å²) in [5, 5.41) is 0. The fourth-order valence-corrected chi connectivity index (χ4v) is 4.20. The van der Waals surface area contributed by atoms with Crippen LogP contribution < -0.4 is 10.5 Å². The number of benzene rings is 1. The molecular weight excluding hydrogens is 330 g/mol. The van der Waals surface area contributed by atoms with Gasteiger partial charge in [0, 0.05) is 10.5 Å². The van der Waals surface area contributed by atoms with E-state index in [0.717, 1.165) is 15.8 Å². The normalized spacial score (nSPS) is 23.2. The predicted molar refractivity (Wildman–Crippen MR) is 79.2 cm³/mol. The van der Waals surface area contributed by atoms with Gasteiger partial charge in [0.25, 0.3) is 0 Å². The van der Waals surface area contributed by atoms with Gasteiger partial charge in [-0.05, 0) is 43.5 Å². The average molecular weight is 348 g/mol. The Morgan fingerprint density at radius 1 is 1.53 bits per heavy atom. The molecule has 1 saturated heterocycles. The summed E-state index contributed by atoms with van der Waals surface area (Å²) < 4.78 is 29.7. The first-order valence-electron chi connectivity index (χ1n) is 6.27. The van der Waals surface area contributed by atoms with Gasteiger partial charge in [0.15, 0.2) is 9.84 Å². The Kier molecular flexibility index (Phi) is 4.53. The summed E-state index contributed by atoms with van der Waals surface area (Å²) in [6.07, 6.45) is 1.03. The van der Waals surface area contributed by atoms with Crippen molar-refractivity contribution in [2.75, 3.05) is 11.5 Å². The molecule has 19 heavy (non-hydrogen) atoms. The Labute approximate surface area is 122 Å². The van der Waals surface area contributed by atoms with Gasteiger partial charge in [-0.2, -0.15) is 0 Å². The number of rotatable bonds is 4. The number of hydrogen-bond donors (Lipinski definition) is 1. The van der Waals surface area contributed by atoms with Gasteiger partial charge < -0.3 is 10.5 Å². The van der Waals surface area contributed by atoms with Gasteiger partial charge in [-0.15, -0.1) is 0 Å². The van der Waals surface area contributed by atoms with Crippen LogP contribution in [0.1, 0.15) is 18.9 Å². The summed E-state index contributed by atoms with van der Waals surface area (Å²) in [6, 6.07) is 5.77. The first kappa shape index (κ1) is 14.8. The van der Waals surface area contributed by atoms with Crippen molar-refractivity contribution in [2.45, 2.75) is 31.9 Å². The lowest BCUT2D eigenvalue weighted by Crippen LogP contribution is -2.21. The van der Waals surface area contributed by atoms with Gasteiger partial charge in [0.1, 0.15) is 11.9 Å². The minimum atomic E-state index is -2.92. The van der Waals surface area contributed by atoms with Crippen LogP contribution in [0.4, 0.5) is 0 Å². The molecule has 0 bridgehead atoms. The predicted octanol–water partition coefficient (Wildman–Crippen LogP) is 1.90. The molecule has 0 aliphatic carbocycles. The second kappa shape index (κ2) is 5.81. The molecule has 6 heteroatoms. The van der Waals surface area contributed by atoms with Crippen LogP contribution in [0.3, 0.4) is 0 Å². The van der Waals surface area contributed by atoms with Crippen molar-refractivity contribution in [2.24, 2.45) is 5.73 Å². The fraction of sp³-hybridized carbons (Fsp3) is 0.538. The molecule has 1 aliphatic heterocycles. The SMILES string of the molecule is CC(N)Cc1cc(Br)ccc1OC1CCS(=O)(=O)C1. The molecule has 1 aliphatic rings. The Balaban J connectivity index is 2.15. The van der Waals surface area contributed by atoms with E-state index in [1.807, 2.05) is 25.1 Å². The van der Waals surface area contributed by atoms with Crippen LogP contribution in [-0.4, -0.2) is 32.1 Å². The number of ether oxygens (including phenoxy) is 1. The summed E-state index contributed by atoms with van der Waals surface area (Å²) >= 11 is 3.42. The van der Waals surface area contributed by atoms with Crippen molar-refractivity contribution in [1.29, 1.82) is 0 Å². The summed E-state index contributed by atoms with van der Waals surface area (Å²) in [6.45, 7) is 1.94. The molecule has 106 valence electrons. The van der Waals surface area contributed by atoms with E-state index in [1.54, 1.807) is 0 Å². The maximum absolute atomic E-state index is 11.4. The minimum absolute atomic E-state index is 0.0314. The zero-order chi connectivity index (χ0) is 14.0. The van der Waals surface area contributed by atoms with Crippen LogP contribution >= 0.6 is 15.9 Å². The zero-order valence-electron chi connectivity index (χ0n) is 10.8. The van der Waals surface area contributed by atoms with Crippen molar-refractivity contribution in [1.82, 2.24) is 0 Å². The molecule has 1 heterocycles. The lowest BCUT2D eigenvalue weighted by molar-refractivity contribution is 0.226. The molecule has 1 aromatic rings. The summed E-state index contributed by atoms with van der Waals surface area (Å²) in [7, 11) is -2.92. The van der Waals surface area contributed by atoms with E-state index in [9.17, 15) is 8.42 Å². The molecule has 0 spiro atoms. The third-order valence-electron chi connectivity index (χ3n) is 3.05. The molecule has 0 aromatic heterocycles. The number of halogens is 1. The van der Waals surface area contributed by atoms with Crippen LogP contribution in [0, 0.1) is 0 Å². The van der Waals surface area contributed by atoms with Crippen molar-refractivity contribution < 1.29 is 13.2 Å². The summed E-state index contributed by atoms with van der Waals surface area (Å²) in [5.74, 6) is 1.07. The second-order valence-corrected chi connectivity index (χ2v) is 8.22. The number of hydrogen-bond acceptors (Lipinski definition) is 4. The molecule has 2 atom stereocenters. The van der Waals surface area contributed by atoms with Crippen LogP contribution in [-0.2, 0) is 16.3 Å². The maximum Gasteiger partial charge on any atom is 0.154 e. The van der Waals surface area contributed by atoms with E-state index >= 15 is 0 Å². The van der Waals surface area contributed by atoms with Gasteiger partial charge in [-0.3, -0.25) is 0 Å². The van der Waals surface area contributed by atoms with E-state index in [1.165, 1.54) is 0 Å². The Morgan fingerprint density at radius 3 is 2.84 bits per heavy atom. The zero-order valence-corrected chi connectivity index (χ0v) is 13.2. The summed E-state index contributed by atoms with van der Waals surface area (Å²) in [4.78, 5) is 0. The van der Waals surface area contributed by atoms with Crippen LogP contribution in [0.15, 0.2) is 22.7 Å². The van der Waals surface area contributed by atoms with Gasteiger partial charge in [-0.1, -0.05) is 15.9 Å². The number of sulfone groups is 1. The maximum atomic E-state index is 11.4. The van der Waals surface area contributed by atoms with Gasteiger partial charge >= 0.3 is 0 Å². The summed E-state index contributed by atoms with van der Waals surface area (Å²) in [5.41, 5.74) is 6.84. The minimum Gasteiger partial charge on any atom is -0.489 e. The van der Waals surface area contributed by atoms with Crippen molar-refractivity contribution >= 4 is 25.8 Å². The molecule has 0 saturated carbocycles. The molecule has 1 fully saturated rings. The second-order valence-electron chi connectivity index (χ2n) is 5.08. The molecule has 0 radical (unpaired) electrons. The quantitative estimate of drug-likeness (QED) is 0.902. The van der Waals surface area contributed by atoms with Crippen molar-refractivity contribution in [3.8, 4) is 5.75 Å². The molecule has 4 nitrogen and oxygen atoms in total. The smallest absolute Gasteiger partial charge is 0.154 e. The largest absolute Gasteiger partial charge is 0.489 e. The highest BCUT2D eigenvalue weighted by atomic mass is 79.9.